The molecule has 4 atom stereocenters. The Hall–Kier alpha value is -5.05. The summed E-state index contributed by atoms with van der Waals surface area (Å²) in [6, 6.07) is 8.73. The largest absolute Gasteiger partial charge is 0.507 e. The number of imide groups is 1. The number of rotatable bonds is 5. The monoisotopic (exact) mass is 565 g/mol. The quantitative estimate of drug-likeness (QED) is 0.278. The number of carbonyl (C=O) groups is 5. The van der Waals surface area contributed by atoms with E-state index in [0.717, 1.165) is 17.0 Å². The molecule has 212 valence electrons. The fourth-order valence-corrected chi connectivity index (χ4v) is 7.00. The van der Waals surface area contributed by atoms with Crippen molar-refractivity contribution >= 4 is 35.0 Å². The van der Waals surface area contributed by atoms with Crippen LogP contribution in [0.4, 0.5) is 5.69 Å². The van der Waals surface area contributed by atoms with E-state index < -0.39 is 47.2 Å². The number of carboxylic acids is 1. The number of amides is 2. The fraction of sp³-hybridized carbons (Fsp3) is 0.242. The lowest BCUT2D eigenvalue weighted by Crippen LogP contribution is -2.39. The number of fused-ring (bicyclic) bond motifs is 3. The predicted octanol–water partition coefficient (Wildman–Crippen LogP) is 4.16. The molecule has 0 saturated carbocycles. The first-order chi connectivity index (χ1) is 20.0. The maximum atomic E-state index is 14.0. The van der Waals surface area contributed by atoms with Gasteiger partial charge < -0.3 is 15.3 Å². The number of carbonyl (C=O) groups excluding carboxylic acids is 4. The highest BCUT2D eigenvalue weighted by atomic mass is 16.4. The van der Waals surface area contributed by atoms with Crippen molar-refractivity contribution < 1.29 is 39.3 Å². The highest BCUT2D eigenvalue weighted by Crippen LogP contribution is 2.56. The minimum atomic E-state index is -1.35. The molecule has 1 fully saturated rings. The average molecular weight is 566 g/mol. The van der Waals surface area contributed by atoms with Gasteiger partial charge in [0.25, 0.3) is 0 Å². The maximum absolute atomic E-state index is 14.0. The minimum Gasteiger partial charge on any atom is -0.507 e. The Balaban J connectivity index is 1.48. The molecule has 1 saturated heterocycles. The third-order valence-electron chi connectivity index (χ3n) is 8.86. The molecule has 2 amide bonds. The smallest absolute Gasteiger partial charge is 0.339 e. The number of phenolic OH excluding ortho intramolecular Hbond substituents is 1. The van der Waals surface area contributed by atoms with Gasteiger partial charge in [-0.25, -0.2) is 9.69 Å². The van der Waals surface area contributed by atoms with Crippen LogP contribution >= 0.6 is 0 Å². The first-order valence-electron chi connectivity index (χ1n) is 13.6. The summed E-state index contributed by atoms with van der Waals surface area (Å²) in [6.45, 7) is 5.31. The number of benzene rings is 2. The van der Waals surface area contributed by atoms with E-state index in [1.807, 2.05) is 6.08 Å². The van der Waals surface area contributed by atoms with E-state index in [1.165, 1.54) is 12.1 Å². The minimum absolute atomic E-state index is 0.0195. The summed E-state index contributed by atoms with van der Waals surface area (Å²) in [6.07, 6.45) is 5.47. The van der Waals surface area contributed by atoms with Gasteiger partial charge in [0, 0.05) is 34.3 Å². The SMILES string of the molecule is C=CCc1cccc(C2C3=CCC4C(=O)N(c5ccc(C(=O)O)c(O)c5)C(=O)C4C3CC3=C2C(=O)C=C(C)C3=O)c1O. The Morgan fingerprint density at radius 3 is 2.52 bits per heavy atom. The van der Waals surface area contributed by atoms with Gasteiger partial charge in [-0.1, -0.05) is 35.9 Å². The van der Waals surface area contributed by atoms with E-state index in [0.29, 0.717) is 23.1 Å². The van der Waals surface area contributed by atoms with Crippen LogP contribution in [0.25, 0.3) is 0 Å². The maximum Gasteiger partial charge on any atom is 0.339 e. The van der Waals surface area contributed by atoms with Gasteiger partial charge in [0.15, 0.2) is 11.6 Å². The fourth-order valence-electron chi connectivity index (χ4n) is 7.00. The third-order valence-corrected chi connectivity index (χ3v) is 8.86. The Bertz CT molecular complexity index is 1740. The number of carboxylic acid groups (broad SMARTS) is 1. The number of hydrogen-bond acceptors (Lipinski definition) is 7. The normalized spacial score (nSPS) is 25.0. The zero-order chi connectivity index (χ0) is 30.0. The summed E-state index contributed by atoms with van der Waals surface area (Å²) in [7, 11) is 0. The average Bonchev–Trinajstić information content (AvgIpc) is 3.21. The number of phenols is 2. The molecule has 42 heavy (non-hydrogen) atoms. The number of aromatic hydroxyl groups is 2. The van der Waals surface area contributed by atoms with Crippen LogP contribution in [-0.4, -0.2) is 44.7 Å². The summed E-state index contributed by atoms with van der Waals surface area (Å²) in [4.78, 5) is 66.8. The summed E-state index contributed by atoms with van der Waals surface area (Å²) in [5, 5.41) is 30.8. The number of para-hydroxylation sites is 1. The summed E-state index contributed by atoms with van der Waals surface area (Å²) < 4.78 is 0. The molecule has 0 spiro atoms. The molecule has 9 heteroatoms. The van der Waals surface area contributed by atoms with E-state index >= 15 is 0 Å². The number of aromatic carboxylic acids is 1. The molecule has 1 heterocycles. The van der Waals surface area contributed by atoms with Gasteiger partial charge in [-0.2, -0.15) is 0 Å². The Morgan fingerprint density at radius 1 is 1.07 bits per heavy atom. The molecule has 0 aromatic heterocycles. The van der Waals surface area contributed by atoms with Crippen LogP contribution in [0.5, 0.6) is 11.5 Å². The van der Waals surface area contributed by atoms with Crippen LogP contribution in [0.15, 0.2) is 83.5 Å². The van der Waals surface area contributed by atoms with E-state index in [4.69, 9.17) is 0 Å². The summed E-state index contributed by atoms with van der Waals surface area (Å²) in [5.41, 5.74) is 2.26. The van der Waals surface area contributed by atoms with Crippen molar-refractivity contribution in [3.63, 3.8) is 0 Å². The second kappa shape index (κ2) is 9.80. The number of anilines is 1. The van der Waals surface area contributed by atoms with E-state index in [-0.39, 0.29) is 58.1 Å². The van der Waals surface area contributed by atoms with E-state index in [2.05, 4.69) is 6.58 Å². The van der Waals surface area contributed by atoms with E-state index in [9.17, 15) is 39.3 Å². The first kappa shape index (κ1) is 27.1. The summed E-state index contributed by atoms with van der Waals surface area (Å²) >= 11 is 0. The van der Waals surface area contributed by atoms with Gasteiger partial charge in [-0.3, -0.25) is 19.2 Å². The predicted molar refractivity (Wildman–Crippen MR) is 151 cm³/mol. The molecule has 1 aliphatic heterocycles. The second-order valence-corrected chi connectivity index (χ2v) is 11.1. The second-order valence-electron chi connectivity index (χ2n) is 11.1. The van der Waals surface area contributed by atoms with Crippen molar-refractivity contribution in [2.75, 3.05) is 4.90 Å². The molecule has 0 bridgehead atoms. The third kappa shape index (κ3) is 3.88. The molecule has 4 unspecified atom stereocenters. The molecule has 3 N–H and O–H groups in total. The molecule has 0 radical (unpaired) electrons. The van der Waals surface area contributed by atoms with Crippen LogP contribution < -0.4 is 4.90 Å². The lowest BCUT2D eigenvalue weighted by molar-refractivity contribution is -0.123. The van der Waals surface area contributed by atoms with Crippen molar-refractivity contribution in [1.82, 2.24) is 0 Å². The molecule has 6 rings (SSSR count). The molecule has 2 aromatic rings. The van der Waals surface area contributed by atoms with Gasteiger partial charge in [0.05, 0.1) is 17.5 Å². The van der Waals surface area contributed by atoms with Gasteiger partial charge in [0.1, 0.15) is 17.1 Å². The zero-order valence-electron chi connectivity index (χ0n) is 22.7. The number of Topliss-reactive ketones (excluding diaryl/α,β-unsaturated/α-hetero) is 1. The molecule has 3 aliphatic carbocycles. The number of hydrogen-bond donors (Lipinski definition) is 3. The molecule has 2 aromatic carbocycles. The van der Waals surface area contributed by atoms with Crippen LogP contribution in [0.2, 0.25) is 0 Å². The Labute approximate surface area is 240 Å². The van der Waals surface area contributed by atoms with Gasteiger partial charge in [-0.15, -0.1) is 6.58 Å². The number of nitrogens with zero attached hydrogens (tertiary/aromatic N) is 1. The highest BCUT2D eigenvalue weighted by molar-refractivity contribution is 6.25. The molecule has 4 aliphatic rings. The van der Waals surface area contributed by atoms with Crippen LogP contribution in [0.1, 0.15) is 47.2 Å². The van der Waals surface area contributed by atoms with Crippen LogP contribution in [0.3, 0.4) is 0 Å². The lowest BCUT2D eigenvalue weighted by Gasteiger charge is -2.42. The molecular weight excluding hydrogens is 538 g/mol. The van der Waals surface area contributed by atoms with E-state index in [1.54, 1.807) is 31.2 Å². The van der Waals surface area contributed by atoms with Crippen molar-refractivity contribution in [1.29, 1.82) is 0 Å². The lowest BCUT2D eigenvalue weighted by atomic mass is 9.59. The number of allylic oxidation sites excluding steroid dienone is 7. The van der Waals surface area contributed by atoms with Crippen LogP contribution in [-0.2, 0) is 25.6 Å². The molecule has 9 nitrogen and oxygen atoms in total. The van der Waals surface area contributed by atoms with Crippen molar-refractivity contribution in [3.05, 3.63) is 100 Å². The molecular formula is C33H27NO8. The zero-order valence-corrected chi connectivity index (χ0v) is 22.7. The van der Waals surface area contributed by atoms with Gasteiger partial charge >= 0.3 is 5.97 Å². The van der Waals surface area contributed by atoms with Crippen molar-refractivity contribution in [2.24, 2.45) is 17.8 Å². The Kier molecular flexibility index (Phi) is 6.33. The van der Waals surface area contributed by atoms with Crippen molar-refractivity contribution in [3.8, 4) is 11.5 Å². The highest BCUT2D eigenvalue weighted by Gasteiger charge is 2.57. The topological polar surface area (TPSA) is 149 Å². The standard InChI is InChI=1S/C33H27NO8/c1-3-5-16-6-4-7-20(30(16)38)26-18-10-11-21-27(22(18)14-23-28(26)25(36)12-15(2)29(23)37)32(40)34(31(21)39)17-8-9-19(33(41)42)24(35)13-17/h3-4,6-10,12-13,21-22,26-27,35,38H,1,5,11,14H2,2H3,(H,41,42). The Morgan fingerprint density at radius 2 is 1.83 bits per heavy atom. The van der Waals surface area contributed by atoms with Crippen LogP contribution in [0, 0.1) is 17.8 Å². The van der Waals surface area contributed by atoms with Gasteiger partial charge in [0.2, 0.25) is 11.8 Å². The first-order valence-corrected chi connectivity index (χ1v) is 13.6. The van der Waals surface area contributed by atoms with Gasteiger partial charge in [-0.05, 0) is 55.9 Å². The summed E-state index contributed by atoms with van der Waals surface area (Å²) in [5.74, 6) is -6.60. The number of ketones is 2. The van der Waals surface area contributed by atoms with Crippen molar-refractivity contribution in [2.45, 2.75) is 32.1 Å².